The fourth-order valence-corrected chi connectivity index (χ4v) is 3.11. The van der Waals surface area contributed by atoms with Crippen LogP contribution in [0.3, 0.4) is 0 Å². The van der Waals surface area contributed by atoms with Crippen LogP contribution < -0.4 is 10.2 Å². The summed E-state index contributed by atoms with van der Waals surface area (Å²) in [6.45, 7) is 5.41. The van der Waals surface area contributed by atoms with Gasteiger partial charge in [0.2, 0.25) is 5.82 Å². The zero-order chi connectivity index (χ0) is 19.6. The zero-order valence-electron chi connectivity index (χ0n) is 16.0. The fourth-order valence-electron chi connectivity index (χ4n) is 3.11. The Balaban J connectivity index is 1.81. The first-order chi connectivity index (χ1) is 12.9. The van der Waals surface area contributed by atoms with Crippen molar-refractivity contribution < 1.29 is 4.79 Å². The Labute approximate surface area is 158 Å². The lowest BCUT2D eigenvalue weighted by Crippen LogP contribution is -2.30. The lowest BCUT2D eigenvalue weighted by Gasteiger charge is -2.22. The molecule has 0 bridgehead atoms. The highest BCUT2D eigenvalue weighted by Gasteiger charge is 2.27. The summed E-state index contributed by atoms with van der Waals surface area (Å²) in [5, 5.41) is 12.6. The lowest BCUT2D eigenvalue weighted by atomic mass is 10.2. The number of hydrogen-bond donors (Lipinski definition) is 1. The molecule has 3 rings (SSSR count). The number of hydrogen-bond acceptors (Lipinski definition) is 7. The van der Waals surface area contributed by atoms with Gasteiger partial charge in [0.1, 0.15) is 11.9 Å². The molecule has 1 atom stereocenters. The number of nitrogens with zero attached hydrogens (tertiary/aromatic N) is 6. The number of carbonyl (C=O) groups is 1. The number of aryl methyl sites for hydroxylation is 1. The number of nitriles is 1. The standard InChI is InChI=1S/C19H23N7O/c1-12-13(2)22-17(19(27)25(3)4)24-18(12)26-8-6-15(11-26)23-16-10-21-7-5-14(16)9-20/h5,7,10,15,23H,6,8,11H2,1-4H3/t15-/m1/s1. The van der Waals surface area contributed by atoms with Gasteiger partial charge in [-0.25, -0.2) is 9.97 Å². The summed E-state index contributed by atoms with van der Waals surface area (Å²) in [6, 6.07) is 4.05. The number of nitrogens with one attached hydrogen (secondary N) is 1. The summed E-state index contributed by atoms with van der Waals surface area (Å²) < 4.78 is 0. The highest BCUT2D eigenvalue weighted by Crippen LogP contribution is 2.26. The Hall–Kier alpha value is -3.21. The fraction of sp³-hybridized carbons (Fsp3) is 0.421. The molecule has 1 saturated heterocycles. The van der Waals surface area contributed by atoms with Gasteiger partial charge < -0.3 is 15.1 Å². The van der Waals surface area contributed by atoms with Gasteiger partial charge in [-0.2, -0.15) is 5.26 Å². The Kier molecular flexibility index (Phi) is 5.21. The molecule has 2 aromatic heterocycles. The first kappa shape index (κ1) is 18.6. The first-order valence-electron chi connectivity index (χ1n) is 8.83. The summed E-state index contributed by atoms with van der Waals surface area (Å²) in [5.41, 5.74) is 3.10. The van der Waals surface area contributed by atoms with Crippen molar-refractivity contribution in [1.29, 1.82) is 5.26 Å². The van der Waals surface area contributed by atoms with Gasteiger partial charge in [-0.3, -0.25) is 9.78 Å². The molecule has 0 spiro atoms. The molecule has 27 heavy (non-hydrogen) atoms. The second kappa shape index (κ2) is 7.58. The van der Waals surface area contributed by atoms with Gasteiger partial charge in [-0.15, -0.1) is 0 Å². The van der Waals surface area contributed by atoms with Crippen molar-refractivity contribution in [3.8, 4) is 6.07 Å². The second-order valence-electron chi connectivity index (χ2n) is 6.89. The van der Waals surface area contributed by atoms with E-state index in [-0.39, 0.29) is 17.8 Å². The molecule has 8 heteroatoms. The molecule has 3 heterocycles. The molecule has 1 amide bonds. The van der Waals surface area contributed by atoms with Crippen molar-refractivity contribution in [1.82, 2.24) is 19.9 Å². The van der Waals surface area contributed by atoms with E-state index in [1.165, 1.54) is 4.90 Å². The molecule has 1 aliphatic heterocycles. The minimum absolute atomic E-state index is 0.170. The summed E-state index contributed by atoms with van der Waals surface area (Å²) >= 11 is 0. The molecule has 0 saturated carbocycles. The molecule has 140 valence electrons. The highest BCUT2D eigenvalue weighted by atomic mass is 16.2. The predicted molar refractivity (Wildman–Crippen MR) is 103 cm³/mol. The van der Waals surface area contributed by atoms with Gasteiger partial charge >= 0.3 is 0 Å². The van der Waals surface area contributed by atoms with E-state index < -0.39 is 0 Å². The Morgan fingerprint density at radius 2 is 2.15 bits per heavy atom. The van der Waals surface area contributed by atoms with E-state index in [1.54, 1.807) is 32.6 Å². The topological polar surface area (TPSA) is 98.0 Å². The van der Waals surface area contributed by atoms with Gasteiger partial charge in [0.15, 0.2) is 0 Å². The Morgan fingerprint density at radius 3 is 2.85 bits per heavy atom. The van der Waals surface area contributed by atoms with Crippen LogP contribution in [0.1, 0.15) is 33.9 Å². The van der Waals surface area contributed by atoms with Crippen molar-refractivity contribution in [3.05, 3.63) is 41.1 Å². The summed E-state index contributed by atoms with van der Waals surface area (Å²) in [4.78, 5) is 28.9. The van der Waals surface area contributed by atoms with Crippen LogP contribution in [0.2, 0.25) is 0 Å². The maximum Gasteiger partial charge on any atom is 0.291 e. The maximum absolute atomic E-state index is 12.3. The van der Waals surface area contributed by atoms with Crippen LogP contribution in [0.4, 0.5) is 11.5 Å². The summed E-state index contributed by atoms with van der Waals surface area (Å²) in [6.07, 6.45) is 4.19. The smallest absolute Gasteiger partial charge is 0.291 e. The molecule has 1 aliphatic rings. The van der Waals surface area contributed by atoms with Crippen LogP contribution in [0.5, 0.6) is 0 Å². The molecule has 1 fully saturated rings. The van der Waals surface area contributed by atoms with E-state index in [1.807, 2.05) is 13.8 Å². The molecule has 1 N–H and O–H groups in total. The molecule has 0 aliphatic carbocycles. The number of amides is 1. The van der Waals surface area contributed by atoms with Crippen LogP contribution in [0.15, 0.2) is 18.5 Å². The second-order valence-corrected chi connectivity index (χ2v) is 6.89. The quantitative estimate of drug-likeness (QED) is 0.881. The van der Waals surface area contributed by atoms with E-state index in [0.29, 0.717) is 5.56 Å². The van der Waals surface area contributed by atoms with Crippen LogP contribution in [0, 0.1) is 25.2 Å². The average Bonchev–Trinajstić information content (AvgIpc) is 3.11. The average molecular weight is 365 g/mol. The predicted octanol–water partition coefficient (Wildman–Crippen LogP) is 1.75. The van der Waals surface area contributed by atoms with E-state index in [9.17, 15) is 10.1 Å². The van der Waals surface area contributed by atoms with Gasteiger partial charge in [-0.05, 0) is 26.3 Å². The van der Waals surface area contributed by atoms with E-state index in [0.717, 1.165) is 42.3 Å². The van der Waals surface area contributed by atoms with Crippen LogP contribution in [0.25, 0.3) is 0 Å². The lowest BCUT2D eigenvalue weighted by molar-refractivity contribution is 0.0815. The van der Waals surface area contributed by atoms with Crippen molar-refractivity contribution in [2.75, 3.05) is 37.4 Å². The van der Waals surface area contributed by atoms with Crippen LogP contribution >= 0.6 is 0 Å². The van der Waals surface area contributed by atoms with Crippen LogP contribution in [-0.2, 0) is 0 Å². The number of rotatable bonds is 4. The third kappa shape index (κ3) is 3.82. The molecule has 8 nitrogen and oxygen atoms in total. The maximum atomic E-state index is 12.3. The molecule has 2 aromatic rings. The SMILES string of the molecule is Cc1nc(C(=O)N(C)C)nc(N2CC[C@@H](Nc3cnccc3C#N)C2)c1C. The Morgan fingerprint density at radius 1 is 1.37 bits per heavy atom. The number of aromatic nitrogens is 3. The van der Waals surface area contributed by atoms with Crippen molar-refractivity contribution >= 4 is 17.4 Å². The van der Waals surface area contributed by atoms with Gasteiger partial charge in [0.05, 0.1) is 17.4 Å². The third-order valence-corrected chi connectivity index (χ3v) is 4.75. The minimum atomic E-state index is -0.206. The minimum Gasteiger partial charge on any atom is -0.378 e. The van der Waals surface area contributed by atoms with Gasteiger partial charge in [0, 0.05) is 50.7 Å². The van der Waals surface area contributed by atoms with Crippen molar-refractivity contribution in [3.63, 3.8) is 0 Å². The normalized spacial score (nSPS) is 16.1. The van der Waals surface area contributed by atoms with Crippen LogP contribution in [-0.4, -0.2) is 59.0 Å². The number of pyridine rings is 1. The van der Waals surface area contributed by atoms with E-state index in [2.05, 4.69) is 31.2 Å². The monoisotopic (exact) mass is 365 g/mol. The van der Waals surface area contributed by atoms with E-state index >= 15 is 0 Å². The zero-order valence-corrected chi connectivity index (χ0v) is 16.0. The molecule has 0 aromatic carbocycles. The number of anilines is 2. The van der Waals surface area contributed by atoms with E-state index in [4.69, 9.17) is 0 Å². The Bertz CT molecular complexity index is 903. The highest BCUT2D eigenvalue weighted by molar-refractivity contribution is 5.90. The molecular weight excluding hydrogens is 342 g/mol. The van der Waals surface area contributed by atoms with Gasteiger partial charge in [-0.1, -0.05) is 0 Å². The first-order valence-corrected chi connectivity index (χ1v) is 8.83. The molecule has 0 unspecified atom stereocenters. The van der Waals surface area contributed by atoms with Crippen molar-refractivity contribution in [2.45, 2.75) is 26.3 Å². The van der Waals surface area contributed by atoms with Crippen molar-refractivity contribution in [2.24, 2.45) is 0 Å². The third-order valence-electron chi connectivity index (χ3n) is 4.75. The summed E-state index contributed by atoms with van der Waals surface area (Å²) in [7, 11) is 3.38. The molecule has 0 radical (unpaired) electrons. The number of carbonyl (C=O) groups excluding carboxylic acids is 1. The summed E-state index contributed by atoms with van der Waals surface area (Å²) in [5.74, 6) is 0.805. The van der Waals surface area contributed by atoms with Gasteiger partial charge in [0.25, 0.3) is 5.91 Å². The largest absolute Gasteiger partial charge is 0.378 e. The molecular formula is C19H23N7O.